The molecule has 2 aliphatic rings. The van der Waals surface area contributed by atoms with Crippen molar-refractivity contribution in [3.8, 4) is 0 Å². The highest BCUT2D eigenvalue weighted by molar-refractivity contribution is 7.75. The van der Waals surface area contributed by atoms with Crippen molar-refractivity contribution in [2.45, 2.75) is 25.0 Å². The van der Waals surface area contributed by atoms with Crippen molar-refractivity contribution in [2.24, 2.45) is 11.8 Å². The minimum Gasteiger partial charge on any atom is -0.462 e. The fraction of sp³-hybridized carbons (Fsp3) is 0.467. The predicted molar refractivity (Wildman–Crippen MR) is 76.7 cm³/mol. The molecule has 2 fully saturated rings. The lowest BCUT2D eigenvalue weighted by Gasteiger charge is -2.21. The standard InChI is InChI=1S/C15H16O5S/c16-14-6-10-11(8-18-21)13(7-12(10)19-14)20-15(17)9-4-2-1-3-5-9/h1-5,10-13,21H,6-8H2/t10-,11-,12+,13-/m1/s1. The lowest BCUT2D eigenvalue weighted by atomic mass is 9.93. The summed E-state index contributed by atoms with van der Waals surface area (Å²) in [6.45, 7) is 0.327. The molecule has 0 spiro atoms. The highest BCUT2D eigenvalue weighted by atomic mass is 32.1. The summed E-state index contributed by atoms with van der Waals surface area (Å²) in [7, 11) is 0. The van der Waals surface area contributed by atoms with Crippen LogP contribution >= 0.6 is 12.9 Å². The molecule has 1 heterocycles. The van der Waals surface area contributed by atoms with E-state index in [1.807, 2.05) is 6.07 Å². The molecule has 1 aliphatic carbocycles. The van der Waals surface area contributed by atoms with Crippen molar-refractivity contribution >= 4 is 24.8 Å². The van der Waals surface area contributed by atoms with Crippen LogP contribution in [0, 0.1) is 11.8 Å². The molecule has 1 saturated carbocycles. The summed E-state index contributed by atoms with van der Waals surface area (Å²) in [5, 5.41) is 0. The first-order valence-corrected chi connectivity index (χ1v) is 7.27. The molecule has 6 heteroatoms. The number of thiol groups is 1. The summed E-state index contributed by atoms with van der Waals surface area (Å²) < 4.78 is 15.8. The highest BCUT2D eigenvalue weighted by Crippen LogP contribution is 2.43. The normalized spacial score (nSPS) is 30.8. The molecular weight excluding hydrogens is 292 g/mol. The number of fused-ring (bicyclic) bond motifs is 1. The molecule has 0 bridgehead atoms. The van der Waals surface area contributed by atoms with Crippen LogP contribution in [0.25, 0.3) is 0 Å². The van der Waals surface area contributed by atoms with Crippen molar-refractivity contribution in [3.05, 3.63) is 35.9 Å². The van der Waals surface area contributed by atoms with Gasteiger partial charge in [0, 0.05) is 18.3 Å². The molecule has 0 aromatic heterocycles. The van der Waals surface area contributed by atoms with Crippen LogP contribution < -0.4 is 0 Å². The Morgan fingerprint density at radius 1 is 1.33 bits per heavy atom. The van der Waals surface area contributed by atoms with Gasteiger partial charge in [-0.05, 0) is 25.0 Å². The van der Waals surface area contributed by atoms with E-state index in [4.69, 9.17) is 13.7 Å². The molecule has 1 aromatic carbocycles. The van der Waals surface area contributed by atoms with Crippen LogP contribution in [0.3, 0.4) is 0 Å². The van der Waals surface area contributed by atoms with E-state index in [9.17, 15) is 9.59 Å². The van der Waals surface area contributed by atoms with E-state index in [0.29, 0.717) is 25.0 Å². The Morgan fingerprint density at radius 3 is 2.81 bits per heavy atom. The van der Waals surface area contributed by atoms with Gasteiger partial charge in [0.25, 0.3) is 0 Å². The maximum atomic E-state index is 12.1. The molecular formula is C15H16O5S. The third kappa shape index (κ3) is 2.91. The Balaban J connectivity index is 1.70. The topological polar surface area (TPSA) is 61.8 Å². The number of benzene rings is 1. The largest absolute Gasteiger partial charge is 0.462 e. The Hall–Kier alpha value is -1.53. The summed E-state index contributed by atoms with van der Waals surface area (Å²) in [6, 6.07) is 8.84. The van der Waals surface area contributed by atoms with Gasteiger partial charge in [-0.25, -0.2) is 4.79 Å². The summed E-state index contributed by atoms with van der Waals surface area (Å²) in [6.07, 6.45) is 0.385. The minimum atomic E-state index is -0.365. The number of hydrogen-bond acceptors (Lipinski definition) is 6. The van der Waals surface area contributed by atoms with Gasteiger partial charge in [-0.2, -0.15) is 0 Å². The maximum absolute atomic E-state index is 12.1. The monoisotopic (exact) mass is 308 g/mol. The zero-order valence-electron chi connectivity index (χ0n) is 11.3. The van der Waals surface area contributed by atoms with E-state index in [0.717, 1.165) is 0 Å². The van der Waals surface area contributed by atoms with E-state index in [1.54, 1.807) is 24.3 Å². The van der Waals surface area contributed by atoms with Crippen LogP contribution in [-0.2, 0) is 18.5 Å². The second-order valence-electron chi connectivity index (χ2n) is 5.40. The fourth-order valence-electron chi connectivity index (χ4n) is 3.19. The van der Waals surface area contributed by atoms with Crippen molar-refractivity contribution < 1.29 is 23.2 Å². The van der Waals surface area contributed by atoms with Crippen LogP contribution in [0.2, 0.25) is 0 Å². The van der Waals surface area contributed by atoms with Gasteiger partial charge >= 0.3 is 11.9 Å². The first-order chi connectivity index (χ1) is 10.2. The Kier molecular flexibility index (Phi) is 4.17. The van der Waals surface area contributed by atoms with Gasteiger partial charge < -0.3 is 13.7 Å². The molecule has 112 valence electrons. The quantitative estimate of drug-likeness (QED) is 0.524. The van der Waals surface area contributed by atoms with E-state index in [-0.39, 0.29) is 36.0 Å². The van der Waals surface area contributed by atoms with Gasteiger partial charge in [-0.1, -0.05) is 18.2 Å². The van der Waals surface area contributed by atoms with Gasteiger partial charge in [0.1, 0.15) is 12.2 Å². The molecule has 0 unspecified atom stereocenters. The average molecular weight is 308 g/mol. The van der Waals surface area contributed by atoms with Gasteiger partial charge in [0.15, 0.2) is 0 Å². The minimum absolute atomic E-state index is 0.0400. The summed E-state index contributed by atoms with van der Waals surface area (Å²) >= 11 is 3.78. The van der Waals surface area contributed by atoms with Crippen molar-refractivity contribution in [1.82, 2.24) is 0 Å². The van der Waals surface area contributed by atoms with Crippen LogP contribution in [0.4, 0.5) is 0 Å². The lowest BCUT2D eigenvalue weighted by molar-refractivity contribution is -0.141. The zero-order valence-corrected chi connectivity index (χ0v) is 12.2. The van der Waals surface area contributed by atoms with Crippen molar-refractivity contribution in [1.29, 1.82) is 0 Å². The first kappa shape index (κ1) is 14.4. The number of esters is 2. The van der Waals surface area contributed by atoms with Gasteiger partial charge in [0.2, 0.25) is 0 Å². The number of rotatable bonds is 4. The Bertz CT molecular complexity index is 532. The summed E-state index contributed by atoms with van der Waals surface area (Å²) in [4.78, 5) is 23.5. The van der Waals surface area contributed by atoms with E-state index in [1.165, 1.54) is 0 Å². The molecule has 0 radical (unpaired) electrons. The van der Waals surface area contributed by atoms with Crippen LogP contribution in [0.5, 0.6) is 0 Å². The highest BCUT2D eigenvalue weighted by Gasteiger charge is 2.51. The van der Waals surface area contributed by atoms with Crippen molar-refractivity contribution in [2.75, 3.05) is 6.61 Å². The average Bonchev–Trinajstić information content (AvgIpc) is 2.98. The smallest absolute Gasteiger partial charge is 0.338 e. The molecule has 5 nitrogen and oxygen atoms in total. The van der Waals surface area contributed by atoms with E-state index >= 15 is 0 Å². The predicted octanol–water partition coefficient (Wildman–Crippen LogP) is 2.02. The Morgan fingerprint density at radius 2 is 2.10 bits per heavy atom. The zero-order chi connectivity index (χ0) is 14.8. The third-order valence-corrected chi connectivity index (χ3v) is 4.34. The lowest BCUT2D eigenvalue weighted by Crippen LogP contribution is -2.28. The van der Waals surface area contributed by atoms with Crippen LogP contribution in [0.1, 0.15) is 23.2 Å². The van der Waals surface area contributed by atoms with Crippen LogP contribution in [0.15, 0.2) is 30.3 Å². The number of carbonyl (C=O) groups is 2. The Labute approximate surface area is 128 Å². The maximum Gasteiger partial charge on any atom is 0.338 e. The molecule has 3 rings (SSSR count). The van der Waals surface area contributed by atoms with Gasteiger partial charge in [0.05, 0.1) is 18.6 Å². The summed E-state index contributed by atoms with van der Waals surface area (Å²) in [5.41, 5.74) is 0.511. The van der Waals surface area contributed by atoms with E-state index in [2.05, 4.69) is 12.9 Å². The molecule has 1 aliphatic heterocycles. The molecule has 1 aromatic rings. The number of carbonyl (C=O) groups excluding carboxylic acids is 2. The summed E-state index contributed by atoms with van der Waals surface area (Å²) in [5.74, 6) is -0.581. The third-order valence-electron chi connectivity index (χ3n) is 4.19. The first-order valence-electron chi connectivity index (χ1n) is 6.91. The number of hydrogen-bond donors (Lipinski definition) is 1. The molecule has 0 amide bonds. The molecule has 21 heavy (non-hydrogen) atoms. The van der Waals surface area contributed by atoms with Crippen molar-refractivity contribution in [3.63, 3.8) is 0 Å². The second-order valence-corrected chi connectivity index (χ2v) is 5.66. The second kappa shape index (κ2) is 6.07. The molecule has 0 N–H and O–H groups in total. The van der Waals surface area contributed by atoms with Crippen LogP contribution in [-0.4, -0.2) is 30.8 Å². The van der Waals surface area contributed by atoms with Gasteiger partial charge in [-0.3, -0.25) is 4.79 Å². The number of ether oxygens (including phenoxy) is 2. The fourth-order valence-corrected chi connectivity index (χ4v) is 3.36. The van der Waals surface area contributed by atoms with Gasteiger partial charge in [-0.15, -0.1) is 0 Å². The molecule has 1 saturated heterocycles. The van der Waals surface area contributed by atoms with E-state index < -0.39 is 0 Å². The SMILES string of the molecule is O=C1C[C@@H]2[C@@H](COS)[C@H](OC(=O)c3ccccc3)C[C@@H]2O1. The molecule has 4 atom stereocenters.